The molecule has 2 aromatic rings. The first-order valence-electron chi connectivity index (χ1n) is 6.57. The van der Waals surface area contributed by atoms with Crippen LogP contribution in [0.2, 0.25) is 0 Å². The number of nitrogen functional groups attached to an aromatic ring is 1. The van der Waals surface area contributed by atoms with Crippen molar-refractivity contribution in [2.75, 3.05) is 31.3 Å². The topological polar surface area (TPSA) is 73.6 Å². The zero-order chi connectivity index (χ0) is 15.2. The molecule has 0 aliphatic heterocycles. The van der Waals surface area contributed by atoms with Gasteiger partial charge in [-0.25, -0.2) is 4.79 Å². The molecular weight excluding hydrogens is 308 g/mol. The maximum atomic E-state index is 11.8. The summed E-state index contributed by atoms with van der Waals surface area (Å²) in [7, 11) is 1.54. The molecule has 0 spiro atoms. The average molecular weight is 326 g/mol. The lowest BCUT2D eigenvalue weighted by atomic mass is 10.3. The Morgan fingerprint density at radius 2 is 2.29 bits per heavy atom. The van der Waals surface area contributed by atoms with Gasteiger partial charge in [0.15, 0.2) is 5.75 Å². The second-order valence-electron chi connectivity index (χ2n) is 4.18. The van der Waals surface area contributed by atoms with E-state index in [4.69, 9.17) is 15.2 Å². The number of esters is 1. The van der Waals surface area contributed by atoms with Crippen LogP contribution in [-0.4, -0.2) is 26.2 Å². The van der Waals surface area contributed by atoms with E-state index in [9.17, 15) is 4.79 Å². The smallest absolute Gasteiger partial charge is 0.350 e. The molecule has 0 aliphatic carbocycles. The van der Waals surface area contributed by atoms with E-state index in [1.807, 2.05) is 6.07 Å². The van der Waals surface area contributed by atoms with Gasteiger partial charge in [0.2, 0.25) is 0 Å². The van der Waals surface area contributed by atoms with Gasteiger partial charge in [-0.3, -0.25) is 0 Å². The Balaban J connectivity index is 2.07. The summed E-state index contributed by atoms with van der Waals surface area (Å²) in [5, 5.41) is 6.09. The van der Waals surface area contributed by atoms with Gasteiger partial charge in [-0.2, -0.15) is 0 Å². The average Bonchev–Trinajstić information content (AvgIpc) is 3.07. The second kappa shape index (κ2) is 7.33. The first-order valence-corrected chi connectivity index (χ1v) is 8.26. The third-order valence-electron chi connectivity index (χ3n) is 2.80. The van der Waals surface area contributed by atoms with Crippen molar-refractivity contribution in [1.82, 2.24) is 0 Å². The maximum Gasteiger partial charge on any atom is 0.350 e. The summed E-state index contributed by atoms with van der Waals surface area (Å²) >= 11 is 2.98. The molecule has 0 saturated carbocycles. The summed E-state index contributed by atoms with van der Waals surface area (Å²) in [6, 6.07) is 4.12. The van der Waals surface area contributed by atoms with Crippen molar-refractivity contribution in [3.05, 3.63) is 27.3 Å². The summed E-state index contributed by atoms with van der Waals surface area (Å²) in [5.74, 6) is 0.0961. The highest BCUT2D eigenvalue weighted by Gasteiger charge is 2.22. The minimum atomic E-state index is -0.412. The van der Waals surface area contributed by atoms with Gasteiger partial charge in [0.25, 0.3) is 0 Å². The van der Waals surface area contributed by atoms with Gasteiger partial charge in [0.1, 0.15) is 15.6 Å². The zero-order valence-corrected chi connectivity index (χ0v) is 13.6. The third kappa shape index (κ3) is 3.68. The van der Waals surface area contributed by atoms with Crippen LogP contribution in [0, 0.1) is 0 Å². The Morgan fingerprint density at radius 3 is 2.90 bits per heavy atom. The summed E-state index contributed by atoms with van der Waals surface area (Å²) in [4.78, 5) is 13.5. The number of carbonyl (C=O) groups is 1. The summed E-state index contributed by atoms with van der Waals surface area (Å²) in [6.07, 6.45) is 0.910. The number of rotatable bonds is 7. The van der Waals surface area contributed by atoms with Crippen molar-refractivity contribution in [2.24, 2.45) is 0 Å². The molecule has 3 N–H and O–H groups in total. The predicted octanol–water partition coefficient (Wildman–Crippen LogP) is 3.23. The second-order valence-corrected chi connectivity index (χ2v) is 6.24. The lowest BCUT2D eigenvalue weighted by Gasteiger charge is -2.06. The molecule has 0 saturated heterocycles. The molecule has 0 aromatic carbocycles. The molecule has 7 heteroatoms. The molecule has 2 rings (SSSR count). The highest BCUT2D eigenvalue weighted by molar-refractivity contribution is 7.19. The number of nitrogens with one attached hydrogen (secondary N) is 1. The van der Waals surface area contributed by atoms with E-state index >= 15 is 0 Å². The van der Waals surface area contributed by atoms with Gasteiger partial charge in [-0.05, 0) is 24.8 Å². The fourth-order valence-corrected chi connectivity index (χ4v) is 3.57. The Kier molecular flexibility index (Phi) is 5.46. The van der Waals surface area contributed by atoms with E-state index in [1.165, 1.54) is 23.3 Å². The number of nitrogens with two attached hydrogens (primary N) is 1. The lowest BCUT2D eigenvalue weighted by molar-refractivity contribution is 0.0533. The number of anilines is 2. The molecule has 0 bridgehead atoms. The largest absolute Gasteiger partial charge is 0.492 e. The predicted molar refractivity (Wildman–Crippen MR) is 87.8 cm³/mol. The van der Waals surface area contributed by atoms with Crippen LogP contribution in [0.3, 0.4) is 0 Å². The minimum Gasteiger partial charge on any atom is -0.492 e. The number of hydrogen-bond acceptors (Lipinski definition) is 7. The van der Waals surface area contributed by atoms with E-state index < -0.39 is 5.97 Å². The number of hydrogen-bond donors (Lipinski definition) is 2. The van der Waals surface area contributed by atoms with Crippen molar-refractivity contribution in [3.63, 3.8) is 0 Å². The SMILES string of the molecule is CCOC(=O)c1sc(NCCc2cccs2)c(OC)c1N. The zero-order valence-electron chi connectivity index (χ0n) is 12.0. The number of methoxy groups -OCH3 is 1. The van der Waals surface area contributed by atoms with Crippen LogP contribution in [0.25, 0.3) is 0 Å². The van der Waals surface area contributed by atoms with Gasteiger partial charge < -0.3 is 20.5 Å². The summed E-state index contributed by atoms with van der Waals surface area (Å²) < 4.78 is 10.3. The van der Waals surface area contributed by atoms with Crippen molar-refractivity contribution < 1.29 is 14.3 Å². The van der Waals surface area contributed by atoms with Crippen molar-refractivity contribution in [2.45, 2.75) is 13.3 Å². The summed E-state index contributed by atoms with van der Waals surface area (Å²) in [6.45, 7) is 2.83. The monoisotopic (exact) mass is 326 g/mol. The molecule has 2 heterocycles. The fourth-order valence-electron chi connectivity index (χ4n) is 1.85. The number of ether oxygens (including phenoxy) is 2. The Morgan fingerprint density at radius 1 is 1.48 bits per heavy atom. The van der Waals surface area contributed by atoms with E-state index in [0.717, 1.165) is 18.0 Å². The molecule has 0 amide bonds. The maximum absolute atomic E-state index is 11.8. The Hall–Kier alpha value is -1.73. The first-order chi connectivity index (χ1) is 10.2. The lowest BCUT2D eigenvalue weighted by Crippen LogP contribution is -2.05. The highest BCUT2D eigenvalue weighted by Crippen LogP contribution is 2.42. The normalized spacial score (nSPS) is 10.4. The molecule has 0 radical (unpaired) electrons. The van der Waals surface area contributed by atoms with Gasteiger partial charge in [-0.1, -0.05) is 6.07 Å². The number of thiophene rings is 2. The van der Waals surface area contributed by atoms with E-state index in [0.29, 0.717) is 22.9 Å². The van der Waals surface area contributed by atoms with Crippen LogP contribution in [0.5, 0.6) is 5.75 Å². The Labute approximate surface area is 131 Å². The third-order valence-corrected chi connectivity index (χ3v) is 4.86. The van der Waals surface area contributed by atoms with Gasteiger partial charge in [0.05, 0.1) is 13.7 Å². The molecule has 0 aliphatic rings. The minimum absolute atomic E-state index is 0.319. The van der Waals surface area contributed by atoms with Crippen molar-refractivity contribution in [3.8, 4) is 5.75 Å². The first kappa shape index (κ1) is 15.7. The van der Waals surface area contributed by atoms with Crippen LogP contribution >= 0.6 is 22.7 Å². The molecule has 0 atom stereocenters. The van der Waals surface area contributed by atoms with Crippen LogP contribution in [-0.2, 0) is 11.2 Å². The van der Waals surface area contributed by atoms with E-state index in [-0.39, 0.29) is 0 Å². The molecular formula is C14H18N2O3S2. The van der Waals surface area contributed by atoms with E-state index in [2.05, 4.69) is 16.8 Å². The van der Waals surface area contributed by atoms with Crippen LogP contribution in [0.15, 0.2) is 17.5 Å². The van der Waals surface area contributed by atoms with E-state index in [1.54, 1.807) is 18.3 Å². The quantitative estimate of drug-likeness (QED) is 0.764. The molecule has 0 fully saturated rings. The molecule has 2 aromatic heterocycles. The molecule has 0 unspecified atom stereocenters. The van der Waals surface area contributed by atoms with Gasteiger partial charge >= 0.3 is 5.97 Å². The molecule has 5 nitrogen and oxygen atoms in total. The number of carbonyl (C=O) groups excluding carboxylic acids is 1. The van der Waals surface area contributed by atoms with Crippen molar-refractivity contribution in [1.29, 1.82) is 0 Å². The van der Waals surface area contributed by atoms with Crippen LogP contribution in [0.4, 0.5) is 10.7 Å². The standard InChI is InChI=1S/C14H18N2O3S2/c1-3-19-14(17)12-10(15)11(18-2)13(21-12)16-7-6-9-5-4-8-20-9/h4-5,8,16H,3,6-7,15H2,1-2H3. The molecule has 114 valence electrons. The highest BCUT2D eigenvalue weighted by atomic mass is 32.1. The van der Waals surface area contributed by atoms with Gasteiger partial charge in [0, 0.05) is 11.4 Å². The molecule has 21 heavy (non-hydrogen) atoms. The Bertz CT molecular complexity index is 594. The van der Waals surface area contributed by atoms with Crippen molar-refractivity contribution >= 4 is 39.3 Å². The van der Waals surface area contributed by atoms with Crippen LogP contribution < -0.4 is 15.8 Å². The fraction of sp³-hybridized carbons (Fsp3) is 0.357. The van der Waals surface area contributed by atoms with Crippen LogP contribution in [0.1, 0.15) is 21.5 Å². The van der Waals surface area contributed by atoms with Gasteiger partial charge in [-0.15, -0.1) is 22.7 Å². The summed E-state index contributed by atoms with van der Waals surface area (Å²) in [5.41, 5.74) is 6.29.